The van der Waals surface area contributed by atoms with Gasteiger partial charge >= 0.3 is 18.1 Å². The van der Waals surface area contributed by atoms with Crippen LogP contribution in [0.15, 0.2) is 18.2 Å². The highest BCUT2D eigenvalue weighted by molar-refractivity contribution is 6.33. The van der Waals surface area contributed by atoms with Crippen molar-refractivity contribution in [2.75, 3.05) is 23.3 Å². The fourth-order valence-electron chi connectivity index (χ4n) is 3.69. The second kappa shape index (κ2) is 9.56. The Morgan fingerprint density at radius 2 is 1.94 bits per heavy atom. The normalized spacial score (nSPS) is 20.8. The Morgan fingerprint density at radius 3 is 2.52 bits per heavy atom. The first-order chi connectivity index (χ1) is 15.4. The number of benzene rings is 1. The first-order valence-corrected chi connectivity index (χ1v) is 10.4. The number of alkyl halides is 3. The minimum atomic E-state index is -5.29. The molecule has 2 fully saturated rings. The van der Waals surface area contributed by atoms with Gasteiger partial charge in [-0.2, -0.15) is 13.2 Å². The average Bonchev–Trinajstić information content (AvgIpc) is 2.70. The van der Waals surface area contributed by atoms with Crippen molar-refractivity contribution in [2.24, 2.45) is 0 Å². The maximum atomic E-state index is 12.2. The monoisotopic (exact) mass is 491 g/mol. The van der Waals surface area contributed by atoms with Gasteiger partial charge in [-0.1, -0.05) is 11.6 Å². The number of rotatable bonds is 5. The lowest BCUT2D eigenvalue weighted by molar-refractivity contribution is -0.203. The molecular weight excluding hydrogens is 471 g/mol. The molecule has 2 amide bonds. The van der Waals surface area contributed by atoms with Crippen LogP contribution in [0.2, 0.25) is 5.02 Å². The van der Waals surface area contributed by atoms with E-state index < -0.39 is 42.1 Å². The molecule has 0 bridgehead atoms. The first-order valence-electron chi connectivity index (χ1n) is 10.1. The molecule has 0 saturated carbocycles. The molecule has 2 aliphatic rings. The van der Waals surface area contributed by atoms with E-state index in [9.17, 15) is 37.5 Å². The summed E-state index contributed by atoms with van der Waals surface area (Å²) in [4.78, 5) is 47.4. The van der Waals surface area contributed by atoms with Crippen molar-refractivity contribution in [3.05, 3.63) is 23.2 Å². The van der Waals surface area contributed by atoms with Crippen molar-refractivity contribution in [2.45, 2.75) is 49.9 Å². The quantitative estimate of drug-likeness (QED) is 0.324. The van der Waals surface area contributed by atoms with Gasteiger partial charge in [-0.05, 0) is 37.5 Å². The van der Waals surface area contributed by atoms with Crippen molar-refractivity contribution >= 4 is 46.7 Å². The molecule has 2 saturated heterocycles. The van der Waals surface area contributed by atoms with Crippen LogP contribution < -0.4 is 15.5 Å². The number of carbonyl (C=O) groups is 4. The van der Waals surface area contributed by atoms with Gasteiger partial charge in [0.15, 0.2) is 0 Å². The zero-order valence-corrected chi connectivity index (χ0v) is 18.0. The standard InChI is InChI=1S/C20H21ClF3N3O6/c21-12-9-11(25-13-2-4-15(28)26-17(13)30)1-3-14(12)27-7-5-19(32,6-8-27)10-16(29)33-18(31)20(22,23)24/h1,3,9,13,25,32H,2,4-8,10H2,(H,26,28,30). The number of aliphatic hydroxyl groups is 1. The van der Waals surface area contributed by atoms with Gasteiger partial charge in [-0.25, -0.2) is 4.79 Å². The minimum Gasteiger partial charge on any atom is -0.389 e. The Labute approximate surface area is 191 Å². The van der Waals surface area contributed by atoms with Crippen LogP contribution in [0.5, 0.6) is 0 Å². The highest BCUT2D eigenvalue weighted by Crippen LogP contribution is 2.34. The Bertz CT molecular complexity index is 963. The zero-order valence-electron chi connectivity index (χ0n) is 17.2. The molecule has 1 unspecified atom stereocenters. The predicted octanol–water partition coefficient (Wildman–Crippen LogP) is 1.91. The van der Waals surface area contributed by atoms with Crippen molar-refractivity contribution < 1.29 is 42.2 Å². The number of hydrogen-bond acceptors (Lipinski definition) is 8. The van der Waals surface area contributed by atoms with E-state index in [1.165, 1.54) is 0 Å². The maximum Gasteiger partial charge on any atom is 0.491 e. The average molecular weight is 492 g/mol. The minimum absolute atomic E-state index is 0.0366. The molecule has 1 aromatic rings. The number of nitrogens with one attached hydrogen (secondary N) is 2. The molecule has 13 heteroatoms. The second-order valence-electron chi connectivity index (χ2n) is 7.96. The van der Waals surface area contributed by atoms with Gasteiger partial charge in [0.2, 0.25) is 11.8 Å². The third-order valence-electron chi connectivity index (χ3n) is 5.47. The number of nitrogens with zero attached hydrogens (tertiary/aromatic N) is 1. The van der Waals surface area contributed by atoms with Crippen LogP contribution >= 0.6 is 11.6 Å². The third kappa shape index (κ3) is 6.35. The first kappa shape index (κ1) is 24.8. The van der Waals surface area contributed by atoms with Crippen molar-refractivity contribution in [1.29, 1.82) is 0 Å². The van der Waals surface area contributed by atoms with E-state index >= 15 is 0 Å². The van der Waals surface area contributed by atoms with E-state index in [1.807, 2.05) is 4.90 Å². The largest absolute Gasteiger partial charge is 0.491 e. The molecule has 9 nitrogen and oxygen atoms in total. The van der Waals surface area contributed by atoms with E-state index in [1.54, 1.807) is 18.2 Å². The number of ether oxygens (including phenoxy) is 1. The summed E-state index contributed by atoms with van der Waals surface area (Å²) in [5.74, 6) is -4.81. The Balaban J connectivity index is 1.56. The van der Waals surface area contributed by atoms with Crippen LogP contribution in [0.4, 0.5) is 24.5 Å². The number of amides is 2. The molecule has 3 rings (SSSR count). The van der Waals surface area contributed by atoms with E-state index in [4.69, 9.17) is 11.6 Å². The number of anilines is 2. The van der Waals surface area contributed by atoms with Crippen LogP contribution in [0.3, 0.4) is 0 Å². The smallest absolute Gasteiger partial charge is 0.389 e. The molecule has 33 heavy (non-hydrogen) atoms. The molecule has 0 spiro atoms. The number of carbonyl (C=O) groups excluding carboxylic acids is 4. The van der Waals surface area contributed by atoms with Crippen molar-refractivity contribution in [1.82, 2.24) is 5.32 Å². The van der Waals surface area contributed by atoms with Crippen LogP contribution in [-0.4, -0.2) is 59.8 Å². The van der Waals surface area contributed by atoms with Crippen LogP contribution in [0.25, 0.3) is 0 Å². The van der Waals surface area contributed by atoms with Gasteiger partial charge in [0.05, 0.1) is 22.7 Å². The zero-order chi connectivity index (χ0) is 24.4. The summed E-state index contributed by atoms with van der Waals surface area (Å²) in [7, 11) is 0. The van der Waals surface area contributed by atoms with Crippen molar-refractivity contribution in [3.63, 3.8) is 0 Å². The summed E-state index contributed by atoms with van der Waals surface area (Å²) in [6.45, 7) is 0.493. The topological polar surface area (TPSA) is 125 Å². The maximum absolute atomic E-state index is 12.2. The van der Waals surface area contributed by atoms with Gasteiger partial charge in [0.1, 0.15) is 6.04 Å². The number of esters is 2. The molecule has 3 N–H and O–H groups in total. The van der Waals surface area contributed by atoms with Crippen molar-refractivity contribution in [3.8, 4) is 0 Å². The van der Waals surface area contributed by atoms with Crippen LogP contribution in [0, 0.1) is 0 Å². The molecule has 2 aliphatic heterocycles. The van der Waals surface area contributed by atoms with Gasteiger partial charge in [0.25, 0.3) is 0 Å². The van der Waals surface area contributed by atoms with E-state index in [0.29, 0.717) is 22.8 Å². The number of imide groups is 1. The van der Waals surface area contributed by atoms with Crippen LogP contribution in [-0.2, 0) is 23.9 Å². The lowest BCUT2D eigenvalue weighted by Crippen LogP contribution is -2.47. The van der Waals surface area contributed by atoms with E-state index in [-0.39, 0.29) is 38.3 Å². The number of piperidine rings is 2. The molecule has 0 aromatic heterocycles. The Kier molecular flexibility index (Phi) is 7.17. The fraction of sp³-hybridized carbons (Fsp3) is 0.500. The van der Waals surface area contributed by atoms with Gasteiger partial charge < -0.3 is 20.1 Å². The molecule has 1 atom stereocenters. The summed E-state index contributed by atoms with van der Waals surface area (Å²) in [6, 6.07) is 4.45. The summed E-state index contributed by atoms with van der Waals surface area (Å²) >= 11 is 6.38. The fourth-order valence-corrected chi connectivity index (χ4v) is 3.99. The number of halogens is 4. The summed E-state index contributed by atoms with van der Waals surface area (Å²) in [6.07, 6.45) is -5.39. The highest BCUT2D eigenvalue weighted by Gasteiger charge is 2.44. The summed E-state index contributed by atoms with van der Waals surface area (Å²) in [5, 5.41) is 16.2. The second-order valence-corrected chi connectivity index (χ2v) is 8.37. The lowest BCUT2D eigenvalue weighted by Gasteiger charge is -2.39. The van der Waals surface area contributed by atoms with Gasteiger partial charge in [-0.15, -0.1) is 0 Å². The van der Waals surface area contributed by atoms with Crippen LogP contribution in [0.1, 0.15) is 32.1 Å². The Hall–Kier alpha value is -2.86. The molecule has 0 radical (unpaired) electrons. The Morgan fingerprint density at radius 1 is 1.27 bits per heavy atom. The van der Waals surface area contributed by atoms with E-state index in [0.717, 1.165) is 0 Å². The molecule has 1 aromatic carbocycles. The van der Waals surface area contributed by atoms with Gasteiger partial charge in [0, 0.05) is 25.2 Å². The lowest BCUT2D eigenvalue weighted by atomic mass is 9.88. The third-order valence-corrected chi connectivity index (χ3v) is 5.78. The SMILES string of the molecule is O=C1CCC(Nc2ccc(N3CCC(O)(CC(=O)OC(=O)C(F)(F)F)CC3)c(Cl)c2)C(=O)N1. The molecule has 0 aliphatic carbocycles. The highest BCUT2D eigenvalue weighted by atomic mass is 35.5. The predicted molar refractivity (Wildman–Crippen MR) is 109 cm³/mol. The summed E-state index contributed by atoms with van der Waals surface area (Å²) in [5.41, 5.74) is -0.412. The van der Waals surface area contributed by atoms with E-state index in [2.05, 4.69) is 15.4 Å². The molecule has 180 valence electrons. The molecular formula is C20H21ClF3N3O6. The van der Waals surface area contributed by atoms with Gasteiger partial charge in [-0.3, -0.25) is 19.7 Å². The number of hydrogen-bond donors (Lipinski definition) is 3. The molecule has 2 heterocycles. The summed E-state index contributed by atoms with van der Waals surface area (Å²) < 4.78 is 40.4.